The van der Waals surface area contributed by atoms with Gasteiger partial charge in [0, 0.05) is 10.0 Å². The lowest BCUT2D eigenvalue weighted by Gasteiger charge is -2.07. The molecule has 0 atom stereocenters. The molecule has 1 heterocycles. The van der Waals surface area contributed by atoms with E-state index in [1.165, 1.54) is 12.4 Å². The van der Waals surface area contributed by atoms with Crippen LogP contribution in [0.3, 0.4) is 0 Å². The highest BCUT2D eigenvalue weighted by molar-refractivity contribution is 9.10. The molecule has 1 aromatic heterocycles. The fourth-order valence-corrected chi connectivity index (χ4v) is 1.98. The van der Waals surface area contributed by atoms with E-state index in [1.54, 1.807) is 6.07 Å². The minimum atomic E-state index is -0.203. The fourth-order valence-electron chi connectivity index (χ4n) is 1.41. The maximum Gasteiger partial charge on any atom is 0.257 e. The number of carbonyl (C=O) groups is 1. The molecule has 0 spiro atoms. The van der Waals surface area contributed by atoms with Gasteiger partial charge in [-0.2, -0.15) is 0 Å². The number of nitrogens with zero attached hydrogens (tertiary/aromatic N) is 2. The van der Waals surface area contributed by atoms with Crippen LogP contribution in [0, 0.1) is 6.92 Å². The van der Waals surface area contributed by atoms with Crippen molar-refractivity contribution in [1.29, 1.82) is 0 Å². The Kier molecular flexibility index (Phi) is 4.08. The van der Waals surface area contributed by atoms with Gasteiger partial charge in [0.1, 0.15) is 4.60 Å². The van der Waals surface area contributed by atoms with Crippen molar-refractivity contribution < 1.29 is 4.79 Å². The molecule has 0 saturated heterocycles. The summed E-state index contributed by atoms with van der Waals surface area (Å²) in [5.41, 5.74) is 1.49. The van der Waals surface area contributed by atoms with Gasteiger partial charge in [-0.05, 0) is 40.5 Å². The standard InChI is InChI=1S/C12H9Br2N3O/c1-7-8(3-2-4-9(7)13)12(18)17-11-6-15-10(14)5-16-11/h2-6H,1H3,(H,16,17,18). The van der Waals surface area contributed by atoms with Crippen molar-refractivity contribution in [3.8, 4) is 0 Å². The molecule has 1 amide bonds. The van der Waals surface area contributed by atoms with Gasteiger partial charge in [-0.15, -0.1) is 0 Å². The van der Waals surface area contributed by atoms with Crippen molar-refractivity contribution in [1.82, 2.24) is 9.97 Å². The average Bonchev–Trinajstić information content (AvgIpc) is 2.35. The van der Waals surface area contributed by atoms with Gasteiger partial charge in [0.05, 0.1) is 12.4 Å². The van der Waals surface area contributed by atoms with Crippen LogP contribution in [0.1, 0.15) is 15.9 Å². The molecule has 0 fully saturated rings. The third-order valence-electron chi connectivity index (χ3n) is 2.37. The molecule has 92 valence electrons. The summed E-state index contributed by atoms with van der Waals surface area (Å²) in [6.07, 6.45) is 3.03. The Morgan fingerprint density at radius 1 is 1.22 bits per heavy atom. The largest absolute Gasteiger partial charge is 0.305 e. The van der Waals surface area contributed by atoms with Gasteiger partial charge >= 0.3 is 0 Å². The summed E-state index contributed by atoms with van der Waals surface area (Å²) in [4.78, 5) is 20.1. The zero-order chi connectivity index (χ0) is 13.1. The Labute approximate surface area is 121 Å². The highest BCUT2D eigenvalue weighted by atomic mass is 79.9. The molecule has 0 saturated carbocycles. The molecule has 6 heteroatoms. The predicted octanol–water partition coefficient (Wildman–Crippen LogP) is 3.56. The molecule has 1 aromatic carbocycles. The van der Waals surface area contributed by atoms with Crippen molar-refractivity contribution in [2.24, 2.45) is 0 Å². The molecule has 0 aliphatic rings. The van der Waals surface area contributed by atoms with E-state index in [1.807, 2.05) is 19.1 Å². The van der Waals surface area contributed by atoms with Crippen LogP contribution in [0.15, 0.2) is 39.7 Å². The SMILES string of the molecule is Cc1c(Br)cccc1C(=O)Nc1cnc(Br)cn1. The van der Waals surface area contributed by atoms with E-state index in [9.17, 15) is 4.79 Å². The van der Waals surface area contributed by atoms with Gasteiger partial charge in [-0.25, -0.2) is 9.97 Å². The van der Waals surface area contributed by atoms with E-state index in [0.717, 1.165) is 10.0 Å². The molecule has 0 bridgehead atoms. The topological polar surface area (TPSA) is 54.9 Å². The van der Waals surface area contributed by atoms with Crippen LogP contribution < -0.4 is 5.32 Å². The maximum atomic E-state index is 12.1. The zero-order valence-electron chi connectivity index (χ0n) is 9.45. The molecule has 0 unspecified atom stereocenters. The van der Waals surface area contributed by atoms with E-state index in [4.69, 9.17) is 0 Å². The normalized spacial score (nSPS) is 10.2. The first-order valence-corrected chi connectivity index (χ1v) is 6.70. The molecule has 2 rings (SSSR count). The lowest BCUT2D eigenvalue weighted by molar-refractivity contribution is 0.102. The van der Waals surface area contributed by atoms with Gasteiger partial charge in [0.15, 0.2) is 5.82 Å². The fraction of sp³-hybridized carbons (Fsp3) is 0.0833. The smallest absolute Gasteiger partial charge is 0.257 e. The summed E-state index contributed by atoms with van der Waals surface area (Å²) in [6, 6.07) is 5.48. The molecule has 0 aliphatic carbocycles. The summed E-state index contributed by atoms with van der Waals surface area (Å²) in [6.45, 7) is 1.88. The monoisotopic (exact) mass is 369 g/mol. The third kappa shape index (κ3) is 2.94. The molecule has 0 radical (unpaired) electrons. The summed E-state index contributed by atoms with van der Waals surface area (Å²) >= 11 is 6.58. The van der Waals surface area contributed by atoms with Gasteiger partial charge in [0.25, 0.3) is 5.91 Å². The number of carbonyl (C=O) groups excluding carboxylic acids is 1. The van der Waals surface area contributed by atoms with Crippen LogP contribution in [0.25, 0.3) is 0 Å². The van der Waals surface area contributed by atoms with Gasteiger partial charge in [-0.1, -0.05) is 22.0 Å². The number of benzene rings is 1. The first-order valence-electron chi connectivity index (χ1n) is 5.12. The lowest BCUT2D eigenvalue weighted by atomic mass is 10.1. The average molecular weight is 371 g/mol. The van der Waals surface area contributed by atoms with E-state index in [0.29, 0.717) is 16.0 Å². The molecule has 2 aromatic rings. The number of anilines is 1. The second-order valence-electron chi connectivity index (χ2n) is 3.59. The summed E-state index contributed by atoms with van der Waals surface area (Å²) in [5, 5.41) is 2.70. The van der Waals surface area contributed by atoms with E-state index in [2.05, 4.69) is 47.1 Å². The van der Waals surface area contributed by atoms with E-state index < -0.39 is 0 Å². The van der Waals surface area contributed by atoms with Crippen LogP contribution in [0.4, 0.5) is 5.82 Å². The number of hydrogen-bond acceptors (Lipinski definition) is 3. The number of amides is 1. The Morgan fingerprint density at radius 3 is 2.67 bits per heavy atom. The summed E-state index contributed by atoms with van der Waals surface area (Å²) < 4.78 is 1.52. The zero-order valence-corrected chi connectivity index (χ0v) is 12.6. The molecular formula is C12H9Br2N3O. The Hall–Kier alpha value is -1.27. The minimum Gasteiger partial charge on any atom is -0.305 e. The van der Waals surface area contributed by atoms with Crippen LogP contribution in [-0.4, -0.2) is 15.9 Å². The number of halogens is 2. The molecular weight excluding hydrogens is 362 g/mol. The van der Waals surface area contributed by atoms with Gasteiger partial charge < -0.3 is 5.32 Å². The highest BCUT2D eigenvalue weighted by Crippen LogP contribution is 2.20. The summed E-state index contributed by atoms with van der Waals surface area (Å²) in [7, 11) is 0. The van der Waals surface area contributed by atoms with Crippen LogP contribution in [-0.2, 0) is 0 Å². The van der Waals surface area contributed by atoms with Crippen molar-refractivity contribution in [2.45, 2.75) is 6.92 Å². The Balaban J connectivity index is 2.22. The quantitative estimate of drug-likeness (QED) is 0.879. The maximum absolute atomic E-state index is 12.1. The van der Waals surface area contributed by atoms with Crippen LogP contribution in [0.2, 0.25) is 0 Å². The van der Waals surface area contributed by atoms with Crippen molar-refractivity contribution in [2.75, 3.05) is 5.32 Å². The van der Waals surface area contributed by atoms with E-state index in [-0.39, 0.29) is 5.91 Å². The first-order chi connectivity index (χ1) is 8.58. The Morgan fingerprint density at radius 2 is 2.00 bits per heavy atom. The van der Waals surface area contributed by atoms with Crippen molar-refractivity contribution in [3.63, 3.8) is 0 Å². The van der Waals surface area contributed by atoms with Crippen LogP contribution >= 0.6 is 31.9 Å². The molecule has 4 nitrogen and oxygen atoms in total. The van der Waals surface area contributed by atoms with Crippen molar-refractivity contribution in [3.05, 3.63) is 50.8 Å². The first kappa shape index (κ1) is 13.2. The lowest BCUT2D eigenvalue weighted by Crippen LogP contribution is -2.14. The Bertz CT molecular complexity index is 584. The number of hydrogen-bond donors (Lipinski definition) is 1. The second-order valence-corrected chi connectivity index (χ2v) is 5.26. The third-order valence-corrected chi connectivity index (χ3v) is 3.64. The minimum absolute atomic E-state index is 0.203. The molecule has 1 N–H and O–H groups in total. The predicted molar refractivity (Wildman–Crippen MR) is 76.6 cm³/mol. The van der Waals surface area contributed by atoms with Gasteiger partial charge in [0.2, 0.25) is 0 Å². The molecule has 18 heavy (non-hydrogen) atoms. The highest BCUT2D eigenvalue weighted by Gasteiger charge is 2.11. The number of aromatic nitrogens is 2. The van der Waals surface area contributed by atoms with Crippen LogP contribution in [0.5, 0.6) is 0 Å². The van der Waals surface area contributed by atoms with E-state index >= 15 is 0 Å². The van der Waals surface area contributed by atoms with Crippen molar-refractivity contribution >= 4 is 43.6 Å². The summed E-state index contributed by atoms with van der Waals surface area (Å²) in [5.74, 6) is 0.216. The van der Waals surface area contributed by atoms with Gasteiger partial charge in [-0.3, -0.25) is 4.79 Å². The number of nitrogens with one attached hydrogen (secondary N) is 1. The molecule has 0 aliphatic heterocycles. The second kappa shape index (κ2) is 5.58. The number of rotatable bonds is 2.